The molecule has 0 bridgehead atoms. The predicted octanol–water partition coefficient (Wildman–Crippen LogP) is 6.11. The van der Waals surface area contributed by atoms with E-state index in [9.17, 15) is 35.5 Å². The van der Waals surface area contributed by atoms with E-state index in [0.29, 0.717) is 37.0 Å². The molecular weight excluding hydrogens is 505 g/mol. The van der Waals surface area contributed by atoms with E-state index < -0.39 is 53.0 Å². The van der Waals surface area contributed by atoms with Gasteiger partial charge in [0.25, 0.3) is 0 Å². The molecule has 0 radical (unpaired) electrons. The minimum Gasteiger partial charge on any atom is -0.370 e. The highest BCUT2D eigenvalue weighted by Gasteiger charge is 2.49. The lowest BCUT2D eigenvalue weighted by atomic mass is 9.81. The summed E-state index contributed by atoms with van der Waals surface area (Å²) in [6, 6.07) is 6.78. The minimum absolute atomic E-state index is 0.0791. The van der Waals surface area contributed by atoms with Gasteiger partial charge in [0.1, 0.15) is 5.82 Å². The van der Waals surface area contributed by atoms with E-state index in [0.717, 1.165) is 0 Å². The van der Waals surface area contributed by atoms with Crippen LogP contribution in [-0.2, 0) is 21.9 Å². The van der Waals surface area contributed by atoms with Gasteiger partial charge in [0.05, 0.1) is 28.9 Å². The second kappa shape index (κ2) is 9.58. The van der Waals surface area contributed by atoms with Gasteiger partial charge in [-0.05, 0) is 80.5 Å². The highest BCUT2D eigenvalue weighted by molar-refractivity contribution is 5.88. The Morgan fingerprint density at radius 2 is 1.57 bits per heavy atom. The summed E-state index contributed by atoms with van der Waals surface area (Å²) in [6.45, 7) is 3.02. The second-order valence-corrected chi connectivity index (χ2v) is 10.2. The maximum atomic E-state index is 13.6. The number of nitrogens with one attached hydrogen (secondary N) is 1. The highest BCUT2D eigenvalue weighted by atomic mass is 19.4. The van der Waals surface area contributed by atoms with E-state index in [-0.39, 0.29) is 29.5 Å². The Hall–Kier alpha value is -2.66. The number of ether oxygens (including phenoxy) is 1. The molecule has 2 aromatic rings. The Bertz CT molecular complexity index is 1110. The summed E-state index contributed by atoms with van der Waals surface area (Å²) in [4.78, 5) is 12.3. The van der Waals surface area contributed by atoms with Crippen LogP contribution in [0.1, 0.15) is 67.4 Å². The first kappa shape index (κ1) is 27.4. The molecule has 2 aromatic carbocycles. The quantitative estimate of drug-likeness (QED) is 0.457. The zero-order chi connectivity index (χ0) is 27.3. The van der Waals surface area contributed by atoms with E-state index >= 15 is 0 Å². The average Bonchev–Trinajstić information content (AvgIpc) is 3.32. The molecule has 1 unspecified atom stereocenters. The maximum Gasteiger partial charge on any atom is 0.416 e. The summed E-state index contributed by atoms with van der Waals surface area (Å²) in [7, 11) is 0. The molecule has 1 saturated heterocycles. The monoisotopic (exact) mass is 532 g/mol. The molecule has 4 nitrogen and oxygen atoms in total. The van der Waals surface area contributed by atoms with Gasteiger partial charge in [0.15, 0.2) is 0 Å². The number of carbonyl (C=O) groups is 1. The number of hydrogen-bond donors (Lipinski definition) is 2. The van der Waals surface area contributed by atoms with Crippen LogP contribution in [0.5, 0.6) is 0 Å². The van der Waals surface area contributed by atoms with E-state index in [1.807, 2.05) is 0 Å². The molecule has 6 atom stereocenters. The van der Waals surface area contributed by atoms with Gasteiger partial charge in [-0.25, -0.2) is 4.39 Å². The van der Waals surface area contributed by atoms with Crippen molar-refractivity contribution in [3.8, 4) is 0 Å². The number of carbonyl (C=O) groups excluding carboxylic acids is 1. The van der Waals surface area contributed by atoms with Gasteiger partial charge >= 0.3 is 12.4 Å². The summed E-state index contributed by atoms with van der Waals surface area (Å²) >= 11 is 0. The number of amides is 1. The van der Waals surface area contributed by atoms with Crippen LogP contribution in [0.15, 0.2) is 42.5 Å². The van der Waals surface area contributed by atoms with Crippen molar-refractivity contribution in [1.29, 1.82) is 0 Å². The number of alkyl halides is 6. The largest absolute Gasteiger partial charge is 0.416 e. The number of hydrogen-bond acceptors (Lipinski definition) is 3. The molecule has 11 heteroatoms. The summed E-state index contributed by atoms with van der Waals surface area (Å²) in [5, 5.41) is 2.91. The third-order valence-electron chi connectivity index (χ3n) is 7.36. The Labute approximate surface area is 209 Å². The van der Waals surface area contributed by atoms with Gasteiger partial charge in [0, 0.05) is 12.0 Å². The Balaban J connectivity index is 1.65. The fourth-order valence-electron chi connectivity index (χ4n) is 5.49. The molecule has 0 aromatic heterocycles. The summed E-state index contributed by atoms with van der Waals surface area (Å²) in [6.07, 6.45) is -10.3. The first-order chi connectivity index (χ1) is 17.1. The van der Waals surface area contributed by atoms with Crippen LogP contribution >= 0.6 is 0 Å². The van der Waals surface area contributed by atoms with Gasteiger partial charge in [-0.1, -0.05) is 12.1 Å². The molecule has 1 heterocycles. The van der Waals surface area contributed by atoms with Crippen molar-refractivity contribution in [2.24, 2.45) is 11.7 Å². The highest BCUT2D eigenvalue weighted by Crippen LogP contribution is 2.47. The lowest BCUT2D eigenvalue weighted by Crippen LogP contribution is -2.43. The van der Waals surface area contributed by atoms with Crippen LogP contribution < -0.4 is 11.1 Å². The number of halogens is 7. The molecule has 1 saturated carbocycles. The number of benzene rings is 2. The predicted molar refractivity (Wildman–Crippen MR) is 121 cm³/mol. The lowest BCUT2D eigenvalue weighted by Gasteiger charge is -2.31. The summed E-state index contributed by atoms with van der Waals surface area (Å²) in [5.41, 5.74) is 2.63. The summed E-state index contributed by atoms with van der Waals surface area (Å²) < 4.78 is 99.9. The molecule has 4 rings (SSSR count). The molecule has 1 amide bonds. The molecule has 1 aliphatic carbocycles. The Morgan fingerprint density at radius 3 is 2.05 bits per heavy atom. The van der Waals surface area contributed by atoms with Crippen molar-refractivity contribution >= 4 is 5.91 Å². The third-order valence-corrected chi connectivity index (χ3v) is 7.36. The van der Waals surface area contributed by atoms with Crippen LogP contribution in [0, 0.1) is 11.7 Å². The summed E-state index contributed by atoms with van der Waals surface area (Å²) in [5.74, 6) is -1.34. The molecule has 37 heavy (non-hydrogen) atoms. The Kier molecular flexibility index (Phi) is 7.09. The molecule has 0 spiro atoms. The number of rotatable bonds is 5. The topological polar surface area (TPSA) is 64.3 Å². The van der Waals surface area contributed by atoms with E-state index in [4.69, 9.17) is 10.5 Å². The van der Waals surface area contributed by atoms with Crippen LogP contribution in [0.2, 0.25) is 0 Å². The standard InChI is InChI=1S/C26H27F7N2O2/c1-13(15-9-16(25(28,29)30)11-17(10-15)26(31,32)33)37-21-8-7-19(20-12-24(2,34)23(36)35-20)22(21)14-3-5-18(27)6-4-14/h3-6,9-11,13,19-22H,7-8,12,34H2,1-2H3,(H,35,36)/t13-,19?,20-,21+,22+,24+/m1/s1. The lowest BCUT2D eigenvalue weighted by molar-refractivity contribution is -0.143. The van der Waals surface area contributed by atoms with Crippen LogP contribution in [0.4, 0.5) is 30.7 Å². The molecule has 3 N–H and O–H groups in total. The molecule has 202 valence electrons. The van der Waals surface area contributed by atoms with Crippen molar-refractivity contribution in [1.82, 2.24) is 5.32 Å². The van der Waals surface area contributed by atoms with Gasteiger partial charge in [-0.3, -0.25) is 4.79 Å². The maximum absolute atomic E-state index is 13.6. The molecule has 2 fully saturated rings. The molecule has 1 aliphatic heterocycles. The van der Waals surface area contributed by atoms with Gasteiger partial charge in [-0.15, -0.1) is 0 Å². The second-order valence-electron chi connectivity index (χ2n) is 10.2. The van der Waals surface area contributed by atoms with Crippen molar-refractivity contribution < 1.29 is 40.3 Å². The van der Waals surface area contributed by atoms with Crippen LogP contribution in [0.3, 0.4) is 0 Å². The normalized spacial score (nSPS) is 29.4. The first-order valence-electron chi connectivity index (χ1n) is 11.9. The zero-order valence-corrected chi connectivity index (χ0v) is 20.1. The van der Waals surface area contributed by atoms with Crippen molar-refractivity contribution in [2.75, 3.05) is 0 Å². The van der Waals surface area contributed by atoms with E-state index in [1.165, 1.54) is 19.1 Å². The van der Waals surface area contributed by atoms with Crippen molar-refractivity contribution in [3.05, 3.63) is 70.5 Å². The fraction of sp³-hybridized carbons (Fsp3) is 0.500. The smallest absolute Gasteiger partial charge is 0.370 e. The van der Waals surface area contributed by atoms with E-state index in [2.05, 4.69) is 5.32 Å². The van der Waals surface area contributed by atoms with Crippen LogP contribution in [-0.4, -0.2) is 23.6 Å². The van der Waals surface area contributed by atoms with Gasteiger partial charge in [0.2, 0.25) is 5.91 Å². The molecular formula is C26H27F7N2O2. The minimum atomic E-state index is -4.97. The molecule has 2 aliphatic rings. The Morgan fingerprint density at radius 1 is 1.00 bits per heavy atom. The third kappa shape index (κ3) is 5.77. The number of nitrogens with two attached hydrogens (primary N) is 1. The SMILES string of the molecule is C[C@@H](O[C@H]1CCC([C@H]2C[C@](C)(N)C(=O)N2)[C@@H]1c1ccc(F)cc1)c1cc(C(F)(F)F)cc(C(F)(F)F)c1. The van der Waals surface area contributed by atoms with Gasteiger partial charge in [-0.2, -0.15) is 26.3 Å². The van der Waals surface area contributed by atoms with Gasteiger partial charge < -0.3 is 15.8 Å². The zero-order valence-electron chi connectivity index (χ0n) is 20.1. The average molecular weight is 533 g/mol. The van der Waals surface area contributed by atoms with E-state index in [1.54, 1.807) is 19.1 Å². The van der Waals surface area contributed by atoms with Crippen molar-refractivity contribution in [3.63, 3.8) is 0 Å². The van der Waals surface area contributed by atoms with Crippen molar-refractivity contribution in [2.45, 2.75) is 75.2 Å². The first-order valence-corrected chi connectivity index (χ1v) is 11.9. The fourth-order valence-corrected chi connectivity index (χ4v) is 5.49. The van der Waals surface area contributed by atoms with Crippen LogP contribution in [0.25, 0.3) is 0 Å².